The number of hydrogen-bond acceptors (Lipinski definition) is 4. The summed E-state index contributed by atoms with van der Waals surface area (Å²) in [6, 6.07) is -2.15. The molecular formula is C11H14F3NO5. The summed E-state index contributed by atoms with van der Waals surface area (Å²) in [6.07, 6.45) is -6.12. The third kappa shape index (κ3) is 4.41. The molecule has 0 spiro atoms. The Balaban J connectivity index is 2.80. The second-order valence-electron chi connectivity index (χ2n) is 4.13. The molecule has 2 atom stereocenters. The molecule has 20 heavy (non-hydrogen) atoms. The van der Waals surface area contributed by atoms with Gasteiger partial charge in [0, 0.05) is 0 Å². The average Bonchev–Trinajstić information content (AvgIpc) is 2.33. The zero-order valence-corrected chi connectivity index (χ0v) is 10.4. The van der Waals surface area contributed by atoms with Gasteiger partial charge in [-0.15, -0.1) is 0 Å². The van der Waals surface area contributed by atoms with E-state index in [1.165, 1.54) is 6.08 Å². The van der Waals surface area contributed by atoms with Crippen LogP contribution >= 0.6 is 0 Å². The fraction of sp³-hybridized carbons (Fsp3) is 0.636. The van der Waals surface area contributed by atoms with E-state index in [4.69, 9.17) is 9.84 Å². The highest BCUT2D eigenvalue weighted by molar-refractivity contribution is 5.70. The number of amides is 1. The lowest BCUT2D eigenvalue weighted by Gasteiger charge is -2.39. The summed E-state index contributed by atoms with van der Waals surface area (Å²) in [5, 5.41) is 8.61. The lowest BCUT2D eigenvalue weighted by molar-refractivity contribution is -0.216. The first-order valence-corrected chi connectivity index (χ1v) is 5.70. The van der Waals surface area contributed by atoms with Gasteiger partial charge in [0.2, 0.25) is 0 Å². The number of carbonyl (C=O) groups is 2. The highest BCUT2D eigenvalue weighted by Gasteiger charge is 2.49. The number of morpholine rings is 1. The molecule has 6 nitrogen and oxygen atoms in total. The molecule has 114 valence electrons. The number of hydrogen-bond donors (Lipinski definition) is 1. The van der Waals surface area contributed by atoms with Crippen LogP contribution in [0.3, 0.4) is 0 Å². The van der Waals surface area contributed by atoms with Crippen LogP contribution in [0.25, 0.3) is 0 Å². The van der Waals surface area contributed by atoms with E-state index < -0.39 is 50.0 Å². The zero-order valence-electron chi connectivity index (χ0n) is 10.4. The normalized spacial score (nSPS) is 23.2. The minimum Gasteiger partial charge on any atom is -0.481 e. The average molecular weight is 297 g/mol. The number of aliphatic carboxylic acids is 1. The molecule has 9 heteroatoms. The van der Waals surface area contributed by atoms with Crippen LogP contribution in [0.4, 0.5) is 18.0 Å². The Morgan fingerprint density at radius 3 is 2.65 bits per heavy atom. The molecule has 0 bridgehead atoms. The maximum Gasteiger partial charge on any atom is 0.411 e. The first-order valence-electron chi connectivity index (χ1n) is 5.70. The number of carbonyl (C=O) groups excluding carboxylic acids is 1. The van der Waals surface area contributed by atoms with E-state index in [1.807, 2.05) is 0 Å². The van der Waals surface area contributed by atoms with E-state index in [9.17, 15) is 22.8 Å². The van der Waals surface area contributed by atoms with E-state index >= 15 is 0 Å². The molecule has 0 aromatic rings. The molecule has 0 saturated carbocycles. The molecule has 0 radical (unpaired) electrons. The number of alkyl halides is 3. The number of nitrogens with zero attached hydrogens (tertiary/aromatic N) is 1. The highest BCUT2D eigenvalue weighted by atomic mass is 19.4. The van der Waals surface area contributed by atoms with Crippen molar-refractivity contribution >= 4 is 12.1 Å². The molecule has 0 aliphatic carbocycles. The Hall–Kier alpha value is -1.77. The van der Waals surface area contributed by atoms with Gasteiger partial charge in [0.1, 0.15) is 6.61 Å². The summed E-state index contributed by atoms with van der Waals surface area (Å²) in [5.41, 5.74) is 0. The van der Waals surface area contributed by atoms with E-state index in [2.05, 4.69) is 11.3 Å². The topological polar surface area (TPSA) is 76.1 Å². The van der Waals surface area contributed by atoms with Gasteiger partial charge in [-0.1, -0.05) is 12.7 Å². The van der Waals surface area contributed by atoms with Crippen LogP contribution in [0.2, 0.25) is 0 Å². The van der Waals surface area contributed by atoms with Gasteiger partial charge in [0.25, 0.3) is 0 Å². The van der Waals surface area contributed by atoms with Crippen LogP contribution < -0.4 is 0 Å². The maximum absolute atomic E-state index is 12.8. The van der Waals surface area contributed by atoms with Gasteiger partial charge in [-0.2, -0.15) is 13.2 Å². The lowest BCUT2D eigenvalue weighted by atomic mass is 10.1. The molecule has 1 heterocycles. The van der Waals surface area contributed by atoms with Crippen LogP contribution in [-0.4, -0.2) is 60.1 Å². The minimum absolute atomic E-state index is 0.232. The van der Waals surface area contributed by atoms with Crippen molar-refractivity contribution < 1.29 is 37.3 Å². The van der Waals surface area contributed by atoms with Crippen molar-refractivity contribution in [3.05, 3.63) is 12.7 Å². The van der Waals surface area contributed by atoms with Gasteiger partial charge in [-0.25, -0.2) is 4.79 Å². The third-order valence-electron chi connectivity index (χ3n) is 2.61. The summed E-state index contributed by atoms with van der Waals surface area (Å²) < 4.78 is 47.8. The molecular weight excluding hydrogens is 283 g/mol. The summed E-state index contributed by atoms with van der Waals surface area (Å²) in [6.45, 7) is 1.74. The van der Waals surface area contributed by atoms with Crippen molar-refractivity contribution in [2.24, 2.45) is 0 Å². The first kappa shape index (κ1) is 16.3. The van der Waals surface area contributed by atoms with Crippen LogP contribution in [0.15, 0.2) is 12.7 Å². The minimum atomic E-state index is -4.68. The van der Waals surface area contributed by atoms with Gasteiger partial charge in [0.05, 0.1) is 25.7 Å². The smallest absolute Gasteiger partial charge is 0.411 e. The van der Waals surface area contributed by atoms with Crippen molar-refractivity contribution in [3.63, 3.8) is 0 Å². The molecule has 2 unspecified atom stereocenters. The molecule has 1 aliphatic heterocycles. The van der Waals surface area contributed by atoms with Crippen molar-refractivity contribution in [1.82, 2.24) is 4.90 Å². The fourth-order valence-corrected chi connectivity index (χ4v) is 1.72. The van der Waals surface area contributed by atoms with Gasteiger partial charge >= 0.3 is 18.2 Å². The number of ether oxygens (including phenoxy) is 2. The molecule has 0 aromatic heterocycles. The van der Waals surface area contributed by atoms with Crippen molar-refractivity contribution in [2.45, 2.75) is 24.7 Å². The van der Waals surface area contributed by atoms with E-state index in [-0.39, 0.29) is 6.61 Å². The predicted octanol–water partition coefficient (Wildman–Crippen LogP) is 1.42. The van der Waals surface area contributed by atoms with Crippen molar-refractivity contribution in [3.8, 4) is 0 Å². The fourth-order valence-electron chi connectivity index (χ4n) is 1.72. The van der Waals surface area contributed by atoms with E-state index in [0.717, 1.165) is 0 Å². The van der Waals surface area contributed by atoms with Gasteiger partial charge in [-0.3, -0.25) is 9.69 Å². The van der Waals surface area contributed by atoms with Crippen LogP contribution in [0.1, 0.15) is 6.42 Å². The number of halogens is 3. The monoisotopic (exact) mass is 297 g/mol. The Labute approximate surface area is 112 Å². The van der Waals surface area contributed by atoms with E-state index in [1.54, 1.807) is 0 Å². The van der Waals surface area contributed by atoms with Crippen molar-refractivity contribution in [1.29, 1.82) is 0 Å². The van der Waals surface area contributed by atoms with Crippen LogP contribution in [0.5, 0.6) is 0 Å². The second-order valence-corrected chi connectivity index (χ2v) is 4.13. The Bertz CT molecular complexity index is 385. The SMILES string of the molecule is C=CCOC(=O)N1CC(CC(=O)O)OCC1C(F)(F)F. The molecule has 1 amide bonds. The molecule has 1 saturated heterocycles. The maximum atomic E-state index is 12.8. The summed E-state index contributed by atoms with van der Waals surface area (Å²) in [4.78, 5) is 22.6. The zero-order chi connectivity index (χ0) is 15.3. The Morgan fingerprint density at radius 1 is 1.50 bits per heavy atom. The first-order chi connectivity index (χ1) is 9.25. The Morgan fingerprint density at radius 2 is 2.15 bits per heavy atom. The van der Waals surface area contributed by atoms with Crippen LogP contribution in [0, 0.1) is 0 Å². The quantitative estimate of drug-likeness (QED) is 0.794. The number of carboxylic acid groups (broad SMARTS) is 1. The summed E-state index contributed by atoms with van der Waals surface area (Å²) in [5.74, 6) is -1.22. The highest BCUT2D eigenvalue weighted by Crippen LogP contribution is 2.29. The summed E-state index contributed by atoms with van der Waals surface area (Å²) in [7, 11) is 0. The van der Waals surface area contributed by atoms with Gasteiger partial charge in [0.15, 0.2) is 6.04 Å². The van der Waals surface area contributed by atoms with Gasteiger partial charge < -0.3 is 14.6 Å². The lowest BCUT2D eigenvalue weighted by Crippen LogP contribution is -2.58. The van der Waals surface area contributed by atoms with Gasteiger partial charge in [-0.05, 0) is 0 Å². The number of rotatable bonds is 4. The Kier molecular flexibility index (Phi) is 5.37. The standard InChI is InChI=1S/C11H14F3NO5/c1-2-3-19-10(18)15-5-7(4-9(16)17)20-6-8(15)11(12,13)14/h2,7-8H,1,3-6H2,(H,16,17). The predicted molar refractivity (Wildman–Crippen MR) is 60.1 cm³/mol. The van der Waals surface area contributed by atoms with Crippen molar-refractivity contribution in [2.75, 3.05) is 19.8 Å². The third-order valence-corrected chi connectivity index (χ3v) is 2.61. The largest absolute Gasteiger partial charge is 0.481 e. The van der Waals surface area contributed by atoms with Crippen LogP contribution in [-0.2, 0) is 14.3 Å². The molecule has 1 aliphatic rings. The summed E-state index contributed by atoms with van der Waals surface area (Å²) >= 11 is 0. The molecule has 1 fully saturated rings. The molecule has 1 N–H and O–H groups in total. The molecule has 1 rings (SSSR count). The second kappa shape index (κ2) is 6.60. The van der Waals surface area contributed by atoms with E-state index in [0.29, 0.717) is 4.90 Å². The molecule has 0 aromatic carbocycles. The number of carboxylic acids is 1.